The fraction of sp³-hybridized carbons (Fsp3) is 0.647. The van der Waals surface area contributed by atoms with Crippen LogP contribution in [0.25, 0.3) is 0 Å². The van der Waals surface area contributed by atoms with Crippen molar-refractivity contribution >= 4 is 5.69 Å². The Morgan fingerprint density at radius 2 is 1.85 bits per heavy atom. The van der Waals surface area contributed by atoms with Gasteiger partial charge in [0, 0.05) is 25.3 Å². The van der Waals surface area contributed by atoms with Gasteiger partial charge in [0.15, 0.2) is 0 Å². The van der Waals surface area contributed by atoms with Crippen LogP contribution in [0.5, 0.6) is 0 Å². The average molecular weight is 277 g/mol. The van der Waals surface area contributed by atoms with E-state index in [0.29, 0.717) is 0 Å². The van der Waals surface area contributed by atoms with Crippen molar-refractivity contribution in [2.24, 2.45) is 5.73 Å². The Labute approximate surface area is 124 Å². The second kappa shape index (κ2) is 8.28. The van der Waals surface area contributed by atoms with E-state index in [1.165, 1.54) is 23.2 Å². The maximum absolute atomic E-state index is 6.05. The van der Waals surface area contributed by atoms with Gasteiger partial charge in [-0.3, -0.25) is 0 Å². The molecule has 0 aliphatic carbocycles. The lowest BCUT2D eigenvalue weighted by molar-refractivity contribution is 0.401. The van der Waals surface area contributed by atoms with Gasteiger partial charge in [0.2, 0.25) is 0 Å². The second-order valence-corrected chi connectivity index (χ2v) is 6.06. The van der Waals surface area contributed by atoms with Crippen LogP contribution in [-0.4, -0.2) is 45.2 Å². The quantitative estimate of drug-likeness (QED) is 0.793. The Bertz CT molecular complexity index is 401. The maximum atomic E-state index is 6.05. The van der Waals surface area contributed by atoms with Crippen molar-refractivity contribution in [2.75, 3.05) is 39.1 Å². The van der Waals surface area contributed by atoms with Gasteiger partial charge in [-0.25, -0.2) is 0 Å². The molecule has 0 aromatic heterocycles. The molecule has 0 heterocycles. The molecule has 0 fully saturated rings. The number of hydrogen-bond donors (Lipinski definition) is 1. The molecule has 1 aromatic carbocycles. The normalized spacial score (nSPS) is 12.8. The lowest BCUT2D eigenvalue weighted by atomic mass is 9.99. The summed E-state index contributed by atoms with van der Waals surface area (Å²) in [6, 6.07) is 7.02. The van der Waals surface area contributed by atoms with Gasteiger partial charge in [0.1, 0.15) is 0 Å². The lowest BCUT2D eigenvalue weighted by Gasteiger charge is -2.22. The van der Waals surface area contributed by atoms with E-state index < -0.39 is 0 Å². The smallest absolute Gasteiger partial charge is 0.0366 e. The Morgan fingerprint density at radius 3 is 2.40 bits per heavy atom. The molecule has 0 radical (unpaired) electrons. The third-order valence-corrected chi connectivity index (χ3v) is 3.87. The molecule has 0 amide bonds. The molecule has 3 heteroatoms. The minimum Gasteiger partial charge on any atom is -0.375 e. The van der Waals surface area contributed by atoms with Crippen molar-refractivity contribution in [3.05, 3.63) is 29.3 Å². The SMILES string of the molecule is CCC(N)Cc1ccc(N(C)CCCN(C)C)cc1C. The van der Waals surface area contributed by atoms with Gasteiger partial charge in [0.25, 0.3) is 0 Å². The molecule has 2 N–H and O–H groups in total. The van der Waals surface area contributed by atoms with E-state index in [0.717, 1.165) is 25.9 Å². The zero-order chi connectivity index (χ0) is 15.1. The standard InChI is InChI=1S/C17H31N3/c1-6-16(18)13-15-8-9-17(12-14(15)2)20(5)11-7-10-19(3)4/h8-9,12,16H,6-7,10-11,13,18H2,1-5H3. The van der Waals surface area contributed by atoms with Crippen molar-refractivity contribution in [2.45, 2.75) is 39.2 Å². The van der Waals surface area contributed by atoms with Crippen LogP contribution in [0.2, 0.25) is 0 Å². The fourth-order valence-electron chi connectivity index (χ4n) is 2.33. The summed E-state index contributed by atoms with van der Waals surface area (Å²) >= 11 is 0. The third-order valence-electron chi connectivity index (χ3n) is 3.87. The summed E-state index contributed by atoms with van der Waals surface area (Å²) in [5.74, 6) is 0. The van der Waals surface area contributed by atoms with Gasteiger partial charge < -0.3 is 15.5 Å². The molecule has 114 valence electrons. The largest absolute Gasteiger partial charge is 0.375 e. The molecule has 1 aromatic rings. The van der Waals surface area contributed by atoms with Crippen LogP contribution in [-0.2, 0) is 6.42 Å². The van der Waals surface area contributed by atoms with Crippen molar-refractivity contribution < 1.29 is 0 Å². The number of hydrogen-bond acceptors (Lipinski definition) is 3. The highest BCUT2D eigenvalue weighted by Gasteiger charge is 2.07. The molecular weight excluding hydrogens is 246 g/mol. The summed E-state index contributed by atoms with van der Waals surface area (Å²) in [5.41, 5.74) is 10.1. The van der Waals surface area contributed by atoms with E-state index in [-0.39, 0.29) is 6.04 Å². The van der Waals surface area contributed by atoms with Gasteiger partial charge in [-0.15, -0.1) is 0 Å². The predicted molar refractivity (Wildman–Crippen MR) is 89.6 cm³/mol. The molecule has 0 bridgehead atoms. The molecule has 1 unspecified atom stereocenters. The summed E-state index contributed by atoms with van der Waals surface area (Å²) in [5, 5.41) is 0. The number of nitrogens with two attached hydrogens (primary N) is 1. The summed E-state index contributed by atoms with van der Waals surface area (Å²) in [6.45, 7) is 6.56. The molecule has 0 saturated heterocycles. The highest BCUT2D eigenvalue weighted by molar-refractivity contribution is 5.50. The van der Waals surface area contributed by atoms with Crippen LogP contribution in [0.15, 0.2) is 18.2 Å². The van der Waals surface area contributed by atoms with Gasteiger partial charge in [-0.05, 0) is 70.1 Å². The average Bonchev–Trinajstić information content (AvgIpc) is 2.40. The van der Waals surface area contributed by atoms with E-state index in [2.05, 4.69) is 63.0 Å². The molecule has 0 saturated carbocycles. The first kappa shape index (κ1) is 17.0. The van der Waals surface area contributed by atoms with E-state index in [9.17, 15) is 0 Å². The van der Waals surface area contributed by atoms with Gasteiger partial charge in [-0.2, -0.15) is 0 Å². The van der Waals surface area contributed by atoms with E-state index >= 15 is 0 Å². The third kappa shape index (κ3) is 5.51. The monoisotopic (exact) mass is 277 g/mol. The summed E-state index contributed by atoms with van der Waals surface area (Å²) < 4.78 is 0. The minimum atomic E-state index is 0.275. The molecule has 3 nitrogen and oxygen atoms in total. The first-order valence-corrected chi connectivity index (χ1v) is 7.65. The van der Waals surface area contributed by atoms with Crippen molar-refractivity contribution in [3.8, 4) is 0 Å². The second-order valence-electron chi connectivity index (χ2n) is 6.06. The number of benzene rings is 1. The summed E-state index contributed by atoms with van der Waals surface area (Å²) in [4.78, 5) is 4.56. The maximum Gasteiger partial charge on any atom is 0.0366 e. The topological polar surface area (TPSA) is 32.5 Å². The Morgan fingerprint density at radius 1 is 1.15 bits per heavy atom. The predicted octanol–water partition coefficient (Wildman–Crippen LogP) is 2.66. The van der Waals surface area contributed by atoms with Crippen LogP contribution >= 0.6 is 0 Å². The molecular formula is C17H31N3. The molecule has 1 rings (SSSR count). The van der Waals surface area contributed by atoms with Crippen LogP contribution in [0.4, 0.5) is 5.69 Å². The Balaban J connectivity index is 2.61. The Hall–Kier alpha value is -1.06. The van der Waals surface area contributed by atoms with Crippen LogP contribution in [0.3, 0.4) is 0 Å². The number of rotatable bonds is 8. The zero-order valence-electron chi connectivity index (χ0n) is 13.8. The van der Waals surface area contributed by atoms with Crippen molar-refractivity contribution in [3.63, 3.8) is 0 Å². The van der Waals surface area contributed by atoms with Crippen LogP contribution < -0.4 is 10.6 Å². The summed E-state index contributed by atoms with van der Waals surface area (Å²) in [7, 11) is 6.41. The molecule has 0 aliphatic rings. The number of aryl methyl sites for hydroxylation is 1. The molecule has 1 atom stereocenters. The van der Waals surface area contributed by atoms with E-state index in [4.69, 9.17) is 5.73 Å². The molecule has 0 aliphatic heterocycles. The zero-order valence-corrected chi connectivity index (χ0v) is 13.8. The van der Waals surface area contributed by atoms with Gasteiger partial charge in [0.05, 0.1) is 0 Å². The lowest BCUT2D eigenvalue weighted by Crippen LogP contribution is -2.24. The van der Waals surface area contributed by atoms with Crippen LogP contribution in [0, 0.1) is 6.92 Å². The molecule has 0 spiro atoms. The number of anilines is 1. The van der Waals surface area contributed by atoms with E-state index in [1.54, 1.807) is 0 Å². The highest BCUT2D eigenvalue weighted by atomic mass is 15.1. The molecule has 20 heavy (non-hydrogen) atoms. The fourth-order valence-corrected chi connectivity index (χ4v) is 2.33. The first-order chi connectivity index (χ1) is 9.43. The first-order valence-electron chi connectivity index (χ1n) is 7.65. The Kier molecular flexibility index (Phi) is 7.03. The minimum absolute atomic E-state index is 0.275. The van der Waals surface area contributed by atoms with Gasteiger partial charge in [-0.1, -0.05) is 13.0 Å². The highest BCUT2D eigenvalue weighted by Crippen LogP contribution is 2.19. The van der Waals surface area contributed by atoms with E-state index in [1.807, 2.05) is 0 Å². The summed E-state index contributed by atoms with van der Waals surface area (Å²) in [6.07, 6.45) is 3.20. The number of nitrogens with zero attached hydrogens (tertiary/aromatic N) is 2. The van der Waals surface area contributed by atoms with Crippen LogP contribution in [0.1, 0.15) is 30.9 Å². The van der Waals surface area contributed by atoms with Crippen molar-refractivity contribution in [1.29, 1.82) is 0 Å². The van der Waals surface area contributed by atoms with Gasteiger partial charge >= 0.3 is 0 Å². The van der Waals surface area contributed by atoms with Crippen molar-refractivity contribution in [1.82, 2.24) is 4.90 Å².